The second kappa shape index (κ2) is 38.2. The number of nitrogens with one attached hydrogen (secondary N) is 4. The van der Waals surface area contributed by atoms with Gasteiger partial charge in [0.1, 0.15) is 84.1 Å². The Labute approximate surface area is 660 Å². The Balaban J connectivity index is 0.590. The number of nitrogens with two attached hydrogens (primary N) is 2. The summed E-state index contributed by atoms with van der Waals surface area (Å²) in [5, 5.41) is 53.3. The van der Waals surface area contributed by atoms with Crippen molar-refractivity contribution in [1.82, 2.24) is 60.3 Å². The molecule has 9 rings (SSSR count). The fourth-order valence-corrected chi connectivity index (χ4v) is 18.2. The lowest BCUT2D eigenvalue weighted by atomic mass is 9.87. The summed E-state index contributed by atoms with van der Waals surface area (Å²) < 4.78 is 123. The van der Waals surface area contributed by atoms with Crippen LogP contribution in [0.4, 0.5) is 11.6 Å². The second-order valence-corrected chi connectivity index (χ2v) is 37.5. The number of ether oxygens (including phenoxy) is 2. The van der Waals surface area contributed by atoms with Crippen molar-refractivity contribution in [2.24, 2.45) is 21.7 Å². The third-order valence-corrected chi connectivity index (χ3v) is 25.6. The molecule has 646 valence electrons. The van der Waals surface area contributed by atoms with Gasteiger partial charge in [-0.3, -0.25) is 56.2 Å². The first-order valence-electron chi connectivity index (χ1n) is 35.8. The fraction of sp³-hybridized carbons (Fsp3) is 0.645. The van der Waals surface area contributed by atoms with Crippen molar-refractivity contribution in [3.8, 4) is 0 Å². The van der Waals surface area contributed by atoms with Gasteiger partial charge in [0, 0.05) is 73.5 Å². The van der Waals surface area contributed by atoms with Gasteiger partial charge in [-0.2, -0.15) is 0 Å². The molecule has 116 heavy (non-hydrogen) atoms. The van der Waals surface area contributed by atoms with E-state index in [0.717, 1.165) is 58.4 Å². The van der Waals surface area contributed by atoms with Crippen LogP contribution in [0.2, 0.25) is 0 Å². The third kappa shape index (κ3) is 25.8. The molecule has 4 amide bonds. The molecule has 14 atom stereocenters. The summed E-state index contributed by atoms with van der Waals surface area (Å²) in [6, 6.07) is 8.06. The van der Waals surface area contributed by atoms with Crippen LogP contribution < -0.4 is 71.9 Å². The number of nitrogens with zero attached hydrogens (tertiary/aromatic N) is 8. The van der Waals surface area contributed by atoms with Gasteiger partial charge in [-0.05, 0) is 75.3 Å². The number of hydrogen-bond acceptors (Lipinski definition) is 42. The molecule has 48 nitrogen and oxygen atoms in total. The summed E-state index contributed by atoms with van der Waals surface area (Å²) in [4.78, 5) is 198. The normalized spacial score (nSPS) is 23.3. The third-order valence-electron chi connectivity index (χ3n) is 19.6. The van der Waals surface area contributed by atoms with Crippen LogP contribution in [0, 0.1) is 21.7 Å². The molecule has 2 saturated heterocycles. The number of anilines is 2. The van der Waals surface area contributed by atoms with E-state index < -0.39 is 180 Å². The number of nitrogen functional groups attached to an aromatic ring is 2. The number of benzene rings is 1. The molecule has 14 unspecified atom stereocenters. The zero-order valence-corrected chi connectivity index (χ0v) is 67.8. The highest BCUT2D eigenvalue weighted by atomic mass is 31.3. The summed E-state index contributed by atoms with van der Waals surface area (Å²) in [6.45, 7) is -0.621. The largest absolute Gasteiger partial charge is 0.790 e. The van der Waals surface area contributed by atoms with Gasteiger partial charge in [0.2, 0.25) is 23.6 Å². The van der Waals surface area contributed by atoms with Crippen LogP contribution in [0.25, 0.3) is 22.3 Å². The number of phosphoric ester groups is 6. The van der Waals surface area contributed by atoms with Gasteiger partial charge in [0.05, 0.1) is 54.7 Å². The number of aromatic nitrogens is 8. The Morgan fingerprint density at radius 1 is 0.526 bits per heavy atom. The zero-order chi connectivity index (χ0) is 85.4. The number of amides is 4. The second-order valence-electron chi connectivity index (χ2n) is 29.4. The molecule has 2 aliphatic heterocycles. The Morgan fingerprint density at radius 2 is 0.862 bits per heavy atom. The van der Waals surface area contributed by atoms with Crippen LogP contribution in [0.15, 0.2) is 49.6 Å². The summed E-state index contributed by atoms with van der Waals surface area (Å²) in [6.07, 6.45) is -8.86. The highest BCUT2D eigenvalue weighted by Gasteiger charge is 2.52. The highest BCUT2D eigenvalue weighted by molar-refractivity contribution is 7.60. The molecule has 54 heteroatoms. The number of aliphatic hydroxyl groups is 4. The van der Waals surface area contributed by atoms with Crippen molar-refractivity contribution in [2.45, 2.75) is 179 Å². The summed E-state index contributed by atoms with van der Waals surface area (Å²) in [5.41, 5.74) is 9.08. The Kier molecular flexibility index (Phi) is 30.8. The number of aliphatic hydroxyl groups excluding tert-OH is 4. The predicted octanol–water partition coefficient (Wildman–Crippen LogP) is -4.41. The van der Waals surface area contributed by atoms with Gasteiger partial charge >= 0.3 is 0 Å². The topological polar surface area (TPSA) is 750 Å². The molecule has 2 aliphatic carbocycles. The van der Waals surface area contributed by atoms with Crippen molar-refractivity contribution in [3.05, 3.63) is 60.7 Å². The van der Waals surface area contributed by atoms with E-state index in [1.165, 1.54) is 27.7 Å². The van der Waals surface area contributed by atoms with Gasteiger partial charge < -0.3 is 138 Å². The summed E-state index contributed by atoms with van der Waals surface area (Å²) >= 11 is 0. The first-order chi connectivity index (χ1) is 54.0. The molecule has 12 N–H and O–H groups in total. The predicted molar refractivity (Wildman–Crippen MR) is 376 cm³/mol. The van der Waals surface area contributed by atoms with Gasteiger partial charge in [-0.1, -0.05) is 52.0 Å². The van der Waals surface area contributed by atoms with Crippen LogP contribution in [-0.2, 0) is 114 Å². The summed E-state index contributed by atoms with van der Waals surface area (Å²) in [7, 11) is -35.6. The van der Waals surface area contributed by atoms with Crippen LogP contribution in [0.1, 0.15) is 128 Å². The molecule has 4 aromatic heterocycles. The molecule has 1 aromatic carbocycles. The van der Waals surface area contributed by atoms with Crippen molar-refractivity contribution in [1.29, 1.82) is 0 Å². The summed E-state index contributed by atoms with van der Waals surface area (Å²) in [5.74, 6) is -3.43. The number of hydrogen-bond donors (Lipinski definition) is 10. The molecule has 0 bridgehead atoms. The highest BCUT2D eigenvalue weighted by Crippen LogP contribution is 2.59. The number of fused-ring (bicyclic) bond motifs is 2. The molecular weight excluding hydrogens is 1670 g/mol. The first kappa shape index (κ1) is 93.5. The van der Waals surface area contributed by atoms with Crippen molar-refractivity contribution in [3.63, 3.8) is 0 Å². The van der Waals surface area contributed by atoms with Crippen LogP contribution in [0.5, 0.6) is 0 Å². The fourth-order valence-electron chi connectivity index (χ4n) is 12.8. The van der Waals surface area contributed by atoms with E-state index in [2.05, 4.69) is 86.9 Å². The van der Waals surface area contributed by atoms with E-state index in [1.54, 1.807) is 0 Å². The number of ketones is 2. The van der Waals surface area contributed by atoms with E-state index in [9.17, 15) is 116 Å². The van der Waals surface area contributed by atoms with Crippen molar-refractivity contribution >= 4 is 116 Å². The minimum absolute atomic E-state index is 0.00313. The lowest BCUT2D eigenvalue weighted by molar-refractivity contribution is -0.348. The van der Waals surface area contributed by atoms with Crippen LogP contribution in [-0.4, -0.2) is 196 Å². The lowest BCUT2D eigenvalue weighted by Crippen LogP contribution is -2.46. The maximum Gasteiger partial charge on any atom is 0.274 e. The molecule has 6 heterocycles. The molecule has 2 saturated carbocycles. The Morgan fingerprint density at radius 3 is 1.20 bits per heavy atom. The smallest absolute Gasteiger partial charge is 0.274 e. The number of carbonyl (C=O) groups is 6. The maximum absolute atomic E-state index is 13.3. The zero-order valence-electron chi connectivity index (χ0n) is 62.4. The Hall–Kier alpha value is -6.36. The quantitative estimate of drug-likeness (QED) is 0.0164. The minimum Gasteiger partial charge on any atom is -0.790 e. The molecule has 5 aromatic rings. The first-order valence-corrected chi connectivity index (χ1v) is 44.6. The average Bonchev–Trinajstić information content (AvgIpc) is 1.52. The van der Waals surface area contributed by atoms with E-state index in [4.69, 9.17) is 20.9 Å². The number of phosphoric acid groups is 6. The minimum atomic E-state index is -5.99. The SMILES string of the molecule is CC(C)(COP(=O)([O-])OP(=O)([O-])OCC1OC(n2cnc3c(N)ncnc32)C(O)C1OP(=O)([O-])[O-])C(O)C(=O)NCCC(=O)NCCC(=O)C1(CCCc2ccc(CCCC3(C(=O)CCNC(=O)CCNC(=O)C(O)C(C)(C)COP(=O)([O-])OP(=O)([O-])OCC4OC(n5cnc6c(N)ncnc65)C(O)C4OP(=O)([O-])[O-])CC3)cc2)CC1. The van der Waals surface area contributed by atoms with Gasteiger partial charge in [-0.25, -0.2) is 38.5 Å². The molecule has 4 aliphatic rings. The van der Waals surface area contributed by atoms with Crippen molar-refractivity contribution in [2.75, 3.05) is 64.1 Å². The molecular formula is C62H86N14O34P6-8. The molecule has 0 radical (unpaired) electrons. The lowest BCUT2D eigenvalue weighted by Gasteiger charge is -2.36. The number of imidazole rings is 2. The number of aryl methyl sites for hydroxylation is 2. The van der Waals surface area contributed by atoms with Gasteiger partial charge in [0.25, 0.3) is 31.3 Å². The van der Waals surface area contributed by atoms with Gasteiger partial charge in [0.15, 0.2) is 35.4 Å². The van der Waals surface area contributed by atoms with E-state index >= 15 is 0 Å². The standard InChI is InChI=1S/C62H94N14O34P6/c1-59(2,29-103-115(97,98)109-113(93,94)101-27-37-47(107-111(87,88)89)45(81)57(105-37)75-33-73-43-51(63)69-31-71-53(43)75)49(83)55(85)67-25-15-41(79)65-23-13-39(77)61(19-20-61)17-5-7-35-9-11-36(12-10-35)8-6-18-62(21-22-62)40(78)14-24-66-42(80)16-26-68-56(86)50(84)60(3,4)30-104-116(99,100)110-114(95,96)102-28-38-48(108-112(90,91)92)46(82)58(106-38)76-34-74-44-52(64)70-32-72-54(44)76/h9-12,31-34,37-38,45-50,57-58,81-84H,5-8,13-30H2,1-4H3,(H,65,79)(H,66,80)(H,67,85)(H,68,86)(H,93,94)(H,95,96)(H,97,98)(H,99,100)(H2,63,69,71)(H2,64,70,72)(H2,87,88,89)(H2,90,91,92)/p-8. The monoisotopic (exact) mass is 1760 g/mol. The van der Waals surface area contributed by atoms with E-state index in [1.807, 2.05) is 24.3 Å². The average molecular weight is 1760 g/mol. The van der Waals surface area contributed by atoms with Crippen LogP contribution in [0.3, 0.4) is 0 Å². The number of rotatable bonds is 48. The van der Waals surface area contributed by atoms with Crippen LogP contribution >= 0.6 is 46.9 Å². The number of Topliss-reactive ketones (excluding diaryl/α,β-unsaturated/α-hetero) is 2. The van der Waals surface area contributed by atoms with Gasteiger partial charge in [-0.15, -0.1) is 0 Å². The maximum atomic E-state index is 13.3. The Bertz CT molecular complexity index is 4370. The number of carbonyl (C=O) groups excluding carboxylic acids is 6. The van der Waals surface area contributed by atoms with Crippen molar-refractivity contribution < 1.29 is 161 Å². The van der Waals surface area contributed by atoms with E-state index in [-0.39, 0.29) is 97.4 Å². The molecule has 4 fully saturated rings. The van der Waals surface area contributed by atoms with E-state index in [0.29, 0.717) is 51.4 Å². The molecule has 0 spiro atoms.